The molecule has 0 nitrogen and oxygen atoms in total. The molecule has 130 valence electrons. The van der Waals surface area contributed by atoms with Crippen LogP contribution in [0, 0.1) is 5.92 Å². The van der Waals surface area contributed by atoms with Gasteiger partial charge in [0.05, 0.1) is 0 Å². The van der Waals surface area contributed by atoms with Crippen molar-refractivity contribution >= 4 is 24.8 Å². The van der Waals surface area contributed by atoms with Gasteiger partial charge in [-0.25, -0.2) is 0 Å². The van der Waals surface area contributed by atoms with Crippen LogP contribution in [0.2, 0.25) is 9.45 Å². The molecular weight excluding hydrogens is 383 g/mol. The van der Waals surface area contributed by atoms with Crippen molar-refractivity contribution in [2.75, 3.05) is 0 Å². The van der Waals surface area contributed by atoms with Gasteiger partial charge in [0.1, 0.15) is 0 Å². The summed E-state index contributed by atoms with van der Waals surface area (Å²) in [4.78, 5) is 0. The van der Waals surface area contributed by atoms with Gasteiger partial charge in [0, 0.05) is 0 Å². The molecule has 0 amide bonds. The molecule has 3 heteroatoms. The normalized spacial score (nSPS) is 22.1. The Morgan fingerprint density at radius 3 is 1.80 bits per heavy atom. The molecule has 1 saturated heterocycles. The van der Waals surface area contributed by atoms with Gasteiger partial charge >= 0.3 is 142 Å². The molecule has 1 heterocycles. The second kappa shape index (κ2) is 6.74. The Bertz CT molecular complexity index is 832. The topological polar surface area (TPSA) is 0 Å². The Labute approximate surface area is 166 Å². The van der Waals surface area contributed by atoms with Gasteiger partial charge in [-0.1, -0.05) is 0 Å². The quantitative estimate of drug-likeness (QED) is 0.467. The Morgan fingerprint density at radius 1 is 0.840 bits per heavy atom. The Kier molecular flexibility index (Phi) is 5.12. The first-order valence-corrected chi connectivity index (χ1v) is 12.7. The number of benzene rings is 2. The van der Waals surface area contributed by atoms with Gasteiger partial charge in [-0.05, 0) is 0 Å². The molecule has 1 atom stereocenters. The van der Waals surface area contributed by atoms with Crippen molar-refractivity contribution < 1.29 is 16.6 Å². The largest absolute Gasteiger partial charge is 0.147 e. The average Bonchev–Trinajstić information content (AvgIpc) is 3.17. The maximum Gasteiger partial charge on any atom is -0.147 e. The molecule has 0 bridgehead atoms. The van der Waals surface area contributed by atoms with Crippen LogP contribution in [0.4, 0.5) is 0 Å². The zero-order valence-electron chi connectivity index (χ0n) is 14.7. The van der Waals surface area contributed by atoms with Crippen LogP contribution in [0.25, 0.3) is 11.1 Å². The van der Waals surface area contributed by atoms with E-state index in [9.17, 15) is 0 Å². The van der Waals surface area contributed by atoms with Crippen molar-refractivity contribution in [2.45, 2.75) is 27.5 Å². The molecule has 2 aromatic rings. The van der Waals surface area contributed by atoms with Crippen molar-refractivity contribution in [1.82, 2.24) is 0 Å². The van der Waals surface area contributed by atoms with Crippen molar-refractivity contribution in [2.24, 2.45) is 5.92 Å². The Balaban J connectivity index is 0.000000911. The Morgan fingerprint density at radius 2 is 1.36 bits per heavy atom. The maximum atomic E-state index is 2.43. The van der Waals surface area contributed by atoms with E-state index in [0.29, 0.717) is 5.92 Å². The third-order valence-electron chi connectivity index (χ3n) is 6.23. The first-order valence-electron chi connectivity index (χ1n) is 8.80. The summed E-state index contributed by atoms with van der Waals surface area (Å²) in [5.41, 5.74) is 7.86. The van der Waals surface area contributed by atoms with Crippen LogP contribution >= 0.6 is 24.8 Å². The van der Waals surface area contributed by atoms with Crippen molar-refractivity contribution in [1.29, 1.82) is 0 Å². The first-order chi connectivity index (χ1) is 11.2. The molecule has 5 rings (SSSR count). The molecule has 1 fully saturated rings. The summed E-state index contributed by atoms with van der Waals surface area (Å²) in [6.45, 7) is 4.77. The third kappa shape index (κ3) is 2.61. The molecule has 3 aliphatic rings. The molecular formula is C22H24Cl2Ti. The number of halogens is 2. The minimum Gasteiger partial charge on any atom is -0.147 e. The number of rotatable bonds is 2. The molecule has 0 N–H and O–H groups in total. The summed E-state index contributed by atoms with van der Waals surface area (Å²) in [6, 6.07) is 18.4. The van der Waals surface area contributed by atoms with Gasteiger partial charge in [0.25, 0.3) is 0 Å². The van der Waals surface area contributed by atoms with Gasteiger partial charge in [-0.3, -0.25) is 0 Å². The smallest absolute Gasteiger partial charge is 0.147 e. The van der Waals surface area contributed by atoms with E-state index in [2.05, 4.69) is 74.5 Å². The van der Waals surface area contributed by atoms with Gasteiger partial charge < -0.3 is 0 Å². The molecule has 1 unspecified atom stereocenters. The summed E-state index contributed by atoms with van der Waals surface area (Å²) in [5.74, 6) is 0.678. The molecule has 0 aromatic heterocycles. The molecule has 0 saturated carbocycles. The van der Waals surface area contributed by atoms with Crippen molar-refractivity contribution in [3.63, 3.8) is 0 Å². The zero-order chi connectivity index (χ0) is 15.6. The SMILES string of the molecule is CC1=[C]([Ti]2([CH]3c4ccccc4-c4ccccc43)[CH2][CH2]2)C(C)C=C1.Cl.Cl. The van der Waals surface area contributed by atoms with Crippen LogP contribution < -0.4 is 0 Å². The van der Waals surface area contributed by atoms with Crippen molar-refractivity contribution in [3.8, 4) is 11.1 Å². The molecule has 2 aliphatic carbocycles. The first kappa shape index (κ1) is 19.0. The fourth-order valence-corrected chi connectivity index (χ4v) is 15.2. The van der Waals surface area contributed by atoms with Gasteiger partial charge in [-0.2, -0.15) is 0 Å². The second-order valence-electron chi connectivity index (χ2n) is 7.51. The third-order valence-corrected chi connectivity index (χ3v) is 14.4. The van der Waals surface area contributed by atoms with Crippen LogP contribution in [0.3, 0.4) is 0 Å². The van der Waals surface area contributed by atoms with Gasteiger partial charge in [-0.15, -0.1) is 24.8 Å². The van der Waals surface area contributed by atoms with E-state index in [1.807, 2.05) is 3.88 Å². The molecule has 1 aliphatic heterocycles. The van der Waals surface area contributed by atoms with Gasteiger partial charge in [0.2, 0.25) is 0 Å². The van der Waals surface area contributed by atoms with Gasteiger partial charge in [0.15, 0.2) is 0 Å². The second-order valence-corrected chi connectivity index (χ2v) is 14.4. The molecule has 0 radical (unpaired) electrons. The number of hydrogen-bond acceptors (Lipinski definition) is 0. The van der Waals surface area contributed by atoms with E-state index in [0.717, 1.165) is 4.22 Å². The predicted molar refractivity (Wildman–Crippen MR) is 109 cm³/mol. The summed E-state index contributed by atoms with van der Waals surface area (Å²) < 4.78 is 5.66. The minimum absolute atomic E-state index is 0. The van der Waals surface area contributed by atoms with E-state index in [-0.39, 0.29) is 24.8 Å². The fourth-order valence-electron chi connectivity index (χ4n) is 5.28. The molecule has 2 aromatic carbocycles. The standard InChI is InChI=1S/C13H9.C7H9.C2H4.2ClH.Ti/c1-3-7-12-10(5-1)9-11-6-2-4-8-13(11)12;1-6-3-4-7(2)5-6;1-2;;;/h1-9H;3-4,6H,1-2H3;1-2H2;2*1H;. The summed E-state index contributed by atoms with van der Waals surface area (Å²) in [6.07, 6.45) is 4.82. The number of fused-ring (bicyclic) bond motifs is 3. The van der Waals surface area contributed by atoms with E-state index < -0.39 is 16.6 Å². The van der Waals surface area contributed by atoms with Crippen LogP contribution in [0.15, 0.2) is 70.1 Å². The Hall–Kier alpha value is -0.786. The van der Waals surface area contributed by atoms with Crippen molar-refractivity contribution in [3.05, 3.63) is 81.3 Å². The zero-order valence-corrected chi connectivity index (χ0v) is 17.9. The monoisotopic (exact) mass is 406 g/mol. The number of allylic oxidation sites excluding steroid dienone is 4. The van der Waals surface area contributed by atoms with E-state index in [1.54, 1.807) is 16.7 Å². The van der Waals surface area contributed by atoms with Crippen LogP contribution in [0.5, 0.6) is 0 Å². The average molecular weight is 407 g/mol. The summed E-state index contributed by atoms with van der Waals surface area (Å²) in [5, 5.41) is 0. The van der Waals surface area contributed by atoms with E-state index >= 15 is 0 Å². The molecule has 25 heavy (non-hydrogen) atoms. The molecule has 0 spiro atoms. The fraction of sp³-hybridized carbons (Fsp3) is 0.273. The summed E-state index contributed by atoms with van der Waals surface area (Å²) >= 11 is -2.01. The van der Waals surface area contributed by atoms with E-state index in [4.69, 9.17) is 0 Å². The predicted octanol–water partition coefficient (Wildman–Crippen LogP) is 7.08. The minimum atomic E-state index is -2.01. The maximum absolute atomic E-state index is 2.43. The van der Waals surface area contributed by atoms with E-state index in [1.165, 1.54) is 20.6 Å². The number of hydrogen-bond donors (Lipinski definition) is 0. The van der Waals surface area contributed by atoms with Crippen LogP contribution in [-0.4, -0.2) is 0 Å². The summed E-state index contributed by atoms with van der Waals surface area (Å²) in [7, 11) is 0. The van der Waals surface area contributed by atoms with Crippen LogP contribution in [0.1, 0.15) is 29.2 Å². The van der Waals surface area contributed by atoms with Crippen LogP contribution in [-0.2, 0) is 16.6 Å².